The van der Waals surface area contributed by atoms with Crippen molar-refractivity contribution in [3.05, 3.63) is 29.8 Å². The molecule has 1 aromatic carbocycles. The zero-order chi connectivity index (χ0) is 19.0. The number of carbonyl (C=O) groups is 1. The molecule has 0 fully saturated rings. The fourth-order valence-corrected chi connectivity index (χ4v) is 3.06. The lowest BCUT2D eigenvalue weighted by molar-refractivity contribution is 0.0497. The molecule has 0 bridgehead atoms. The van der Waals surface area contributed by atoms with Gasteiger partial charge in [0.25, 0.3) is 0 Å². The van der Waals surface area contributed by atoms with Crippen molar-refractivity contribution in [2.45, 2.75) is 84.5 Å². The maximum Gasteiger partial charge on any atom is 0.338 e. The highest BCUT2D eigenvalue weighted by atomic mass is 16.5. The Kier molecular flexibility index (Phi) is 12.7. The molecule has 0 saturated carbocycles. The molecule has 0 aromatic heterocycles. The molecule has 0 aliphatic heterocycles. The first-order chi connectivity index (χ1) is 12.7. The van der Waals surface area contributed by atoms with E-state index in [0.717, 1.165) is 25.1 Å². The minimum Gasteiger partial charge on any atom is -0.462 e. The minimum atomic E-state index is -0.203. The van der Waals surface area contributed by atoms with Gasteiger partial charge in [0, 0.05) is 19.3 Å². The van der Waals surface area contributed by atoms with Gasteiger partial charge in [-0.3, -0.25) is 0 Å². The number of anilines is 1. The van der Waals surface area contributed by atoms with Gasteiger partial charge >= 0.3 is 5.97 Å². The molecule has 0 aliphatic rings. The number of benzene rings is 1. The van der Waals surface area contributed by atoms with E-state index in [9.17, 15) is 4.79 Å². The van der Waals surface area contributed by atoms with E-state index in [0.29, 0.717) is 12.2 Å². The quantitative estimate of drug-likeness (QED) is 0.260. The van der Waals surface area contributed by atoms with Crippen molar-refractivity contribution < 1.29 is 9.53 Å². The number of nitrogens with zero attached hydrogens (tertiary/aromatic N) is 1. The van der Waals surface area contributed by atoms with Gasteiger partial charge in [0.05, 0.1) is 12.2 Å². The van der Waals surface area contributed by atoms with Crippen LogP contribution in [0.15, 0.2) is 24.3 Å². The van der Waals surface area contributed by atoms with E-state index in [1.807, 2.05) is 24.3 Å². The average molecular weight is 362 g/mol. The van der Waals surface area contributed by atoms with Crippen LogP contribution in [0.25, 0.3) is 0 Å². The predicted octanol–water partition coefficient (Wildman–Crippen LogP) is 6.61. The molecule has 1 aromatic rings. The van der Waals surface area contributed by atoms with Crippen LogP contribution in [0.4, 0.5) is 5.69 Å². The molecule has 3 nitrogen and oxygen atoms in total. The van der Waals surface area contributed by atoms with Gasteiger partial charge < -0.3 is 9.64 Å². The van der Waals surface area contributed by atoms with Crippen molar-refractivity contribution in [2.24, 2.45) is 0 Å². The van der Waals surface area contributed by atoms with E-state index in [4.69, 9.17) is 4.74 Å². The van der Waals surface area contributed by atoms with Crippen LogP contribution < -0.4 is 4.90 Å². The monoisotopic (exact) mass is 361 g/mol. The fraction of sp³-hybridized carbons (Fsp3) is 0.696. The second-order valence-corrected chi connectivity index (χ2v) is 7.29. The number of hydrogen-bond acceptors (Lipinski definition) is 3. The number of ether oxygens (including phenoxy) is 1. The Bertz CT molecular complexity index is 470. The summed E-state index contributed by atoms with van der Waals surface area (Å²) in [5.74, 6) is -0.203. The zero-order valence-electron chi connectivity index (χ0n) is 17.3. The Labute approximate surface area is 161 Å². The molecule has 0 saturated heterocycles. The second kappa shape index (κ2) is 14.6. The lowest BCUT2D eigenvalue weighted by atomic mass is 10.1. The molecule has 0 amide bonds. The molecule has 26 heavy (non-hydrogen) atoms. The summed E-state index contributed by atoms with van der Waals surface area (Å²) in [6, 6.07) is 7.81. The average Bonchev–Trinajstić information content (AvgIpc) is 2.67. The molecular formula is C23H39NO2. The fourth-order valence-electron chi connectivity index (χ4n) is 3.06. The molecule has 0 spiro atoms. The standard InChI is InChI=1S/C23H39NO2/c1-4-6-8-10-11-13-19-24(3)22-17-15-21(16-18-22)23(25)26-20-14-12-9-7-5-2/h15-18H,4-14,19-20H2,1-3H3. The summed E-state index contributed by atoms with van der Waals surface area (Å²) in [5, 5.41) is 0. The summed E-state index contributed by atoms with van der Waals surface area (Å²) in [6.45, 7) is 6.05. The Morgan fingerprint density at radius 2 is 1.35 bits per heavy atom. The summed E-state index contributed by atoms with van der Waals surface area (Å²) >= 11 is 0. The third-order valence-electron chi connectivity index (χ3n) is 4.87. The molecule has 0 heterocycles. The third-order valence-corrected chi connectivity index (χ3v) is 4.87. The van der Waals surface area contributed by atoms with Crippen molar-refractivity contribution in [1.82, 2.24) is 0 Å². The number of hydrogen-bond donors (Lipinski definition) is 0. The third kappa shape index (κ3) is 9.84. The van der Waals surface area contributed by atoms with Gasteiger partial charge in [0.2, 0.25) is 0 Å². The summed E-state index contributed by atoms with van der Waals surface area (Å²) in [6.07, 6.45) is 13.7. The van der Waals surface area contributed by atoms with Gasteiger partial charge in [0.15, 0.2) is 0 Å². The highest BCUT2D eigenvalue weighted by Gasteiger charge is 2.08. The number of unbranched alkanes of at least 4 members (excludes halogenated alkanes) is 9. The summed E-state index contributed by atoms with van der Waals surface area (Å²) in [4.78, 5) is 14.3. The molecule has 0 unspecified atom stereocenters. The van der Waals surface area contributed by atoms with Crippen molar-refractivity contribution >= 4 is 11.7 Å². The molecule has 0 aliphatic carbocycles. The SMILES string of the molecule is CCCCCCCCN(C)c1ccc(C(=O)OCCCCCCC)cc1. The van der Waals surface area contributed by atoms with Gasteiger partial charge in [-0.1, -0.05) is 71.6 Å². The van der Waals surface area contributed by atoms with Gasteiger partial charge in [-0.15, -0.1) is 0 Å². The summed E-state index contributed by atoms with van der Waals surface area (Å²) in [7, 11) is 2.12. The topological polar surface area (TPSA) is 29.5 Å². The zero-order valence-corrected chi connectivity index (χ0v) is 17.3. The minimum absolute atomic E-state index is 0.203. The van der Waals surface area contributed by atoms with Crippen LogP contribution in [0, 0.1) is 0 Å². The van der Waals surface area contributed by atoms with E-state index in [-0.39, 0.29) is 5.97 Å². The Hall–Kier alpha value is -1.51. The summed E-state index contributed by atoms with van der Waals surface area (Å²) in [5.41, 5.74) is 1.81. The van der Waals surface area contributed by atoms with Gasteiger partial charge in [0.1, 0.15) is 0 Å². The van der Waals surface area contributed by atoms with Gasteiger partial charge in [-0.05, 0) is 37.1 Å². The highest BCUT2D eigenvalue weighted by Crippen LogP contribution is 2.16. The van der Waals surface area contributed by atoms with Crippen LogP contribution in [0.3, 0.4) is 0 Å². The molecule has 3 heteroatoms. The van der Waals surface area contributed by atoms with Crippen molar-refractivity contribution in [3.8, 4) is 0 Å². The van der Waals surface area contributed by atoms with E-state index in [1.54, 1.807) is 0 Å². The van der Waals surface area contributed by atoms with E-state index >= 15 is 0 Å². The highest BCUT2D eigenvalue weighted by molar-refractivity contribution is 5.89. The lowest BCUT2D eigenvalue weighted by Crippen LogP contribution is -2.18. The van der Waals surface area contributed by atoms with Crippen molar-refractivity contribution in [1.29, 1.82) is 0 Å². The van der Waals surface area contributed by atoms with E-state index in [2.05, 4.69) is 25.8 Å². The number of esters is 1. The normalized spacial score (nSPS) is 10.7. The molecule has 1 rings (SSSR count). The Morgan fingerprint density at radius 1 is 0.808 bits per heavy atom. The lowest BCUT2D eigenvalue weighted by Gasteiger charge is -2.19. The molecular weight excluding hydrogens is 322 g/mol. The molecule has 148 valence electrons. The van der Waals surface area contributed by atoms with Crippen LogP contribution in [0.2, 0.25) is 0 Å². The largest absolute Gasteiger partial charge is 0.462 e. The first-order valence-corrected chi connectivity index (χ1v) is 10.7. The maximum atomic E-state index is 12.1. The number of carbonyl (C=O) groups excluding carboxylic acids is 1. The second-order valence-electron chi connectivity index (χ2n) is 7.29. The van der Waals surface area contributed by atoms with E-state index < -0.39 is 0 Å². The van der Waals surface area contributed by atoms with Crippen molar-refractivity contribution in [2.75, 3.05) is 25.1 Å². The van der Waals surface area contributed by atoms with Crippen molar-refractivity contribution in [3.63, 3.8) is 0 Å². The predicted molar refractivity (Wildman–Crippen MR) is 112 cm³/mol. The molecule has 0 atom stereocenters. The van der Waals surface area contributed by atoms with Crippen LogP contribution in [0.5, 0.6) is 0 Å². The molecule has 0 radical (unpaired) electrons. The van der Waals surface area contributed by atoms with Crippen LogP contribution >= 0.6 is 0 Å². The smallest absolute Gasteiger partial charge is 0.338 e. The molecule has 0 N–H and O–H groups in total. The number of rotatable bonds is 15. The first-order valence-electron chi connectivity index (χ1n) is 10.7. The van der Waals surface area contributed by atoms with Crippen LogP contribution in [-0.4, -0.2) is 26.2 Å². The summed E-state index contributed by atoms with van der Waals surface area (Å²) < 4.78 is 5.37. The van der Waals surface area contributed by atoms with E-state index in [1.165, 1.54) is 57.8 Å². The Balaban J connectivity index is 2.25. The Morgan fingerprint density at radius 3 is 1.96 bits per heavy atom. The van der Waals surface area contributed by atoms with Crippen LogP contribution in [-0.2, 0) is 4.74 Å². The first kappa shape index (κ1) is 22.5. The van der Waals surface area contributed by atoms with Crippen LogP contribution in [0.1, 0.15) is 94.8 Å². The van der Waals surface area contributed by atoms with Gasteiger partial charge in [-0.25, -0.2) is 4.79 Å². The van der Waals surface area contributed by atoms with Gasteiger partial charge in [-0.2, -0.15) is 0 Å². The maximum absolute atomic E-state index is 12.1.